The van der Waals surface area contributed by atoms with Crippen molar-refractivity contribution >= 4 is 23.7 Å². The lowest BCUT2D eigenvalue weighted by atomic mass is 9.39. The van der Waals surface area contributed by atoms with Crippen LogP contribution >= 0.6 is 0 Å². The summed E-state index contributed by atoms with van der Waals surface area (Å²) in [5, 5.41) is 23.1. The Balaban J connectivity index is 1.75. The van der Waals surface area contributed by atoms with Gasteiger partial charge in [-0.3, -0.25) is 4.79 Å². The van der Waals surface area contributed by atoms with Crippen LogP contribution in [-0.4, -0.2) is 77.6 Å². The molecule has 3 aliphatic carbocycles. The van der Waals surface area contributed by atoms with Crippen molar-refractivity contribution in [1.29, 1.82) is 0 Å². The number of ketones is 1. The van der Waals surface area contributed by atoms with E-state index in [0.717, 1.165) is 12.7 Å². The van der Waals surface area contributed by atoms with Gasteiger partial charge in [-0.25, -0.2) is 14.4 Å². The van der Waals surface area contributed by atoms with Crippen molar-refractivity contribution in [3.63, 3.8) is 0 Å². The number of methoxy groups -OCH3 is 1. The summed E-state index contributed by atoms with van der Waals surface area (Å²) in [7, 11) is 1.12. The van der Waals surface area contributed by atoms with E-state index < -0.39 is 70.6 Å². The van der Waals surface area contributed by atoms with Gasteiger partial charge in [0.05, 0.1) is 25.7 Å². The second kappa shape index (κ2) is 7.97. The van der Waals surface area contributed by atoms with Gasteiger partial charge >= 0.3 is 17.9 Å². The van der Waals surface area contributed by atoms with E-state index >= 15 is 0 Å². The van der Waals surface area contributed by atoms with E-state index in [1.165, 1.54) is 6.08 Å². The maximum atomic E-state index is 13.4. The largest absolute Gasteiger partial charge is 0.467 e. The summed E-state index contributed by atoms with van der Waals surface area (Å²) in [4.78, 5) is 51.9. The minimum atomic E-state index is -2.14. The normalized spacial score (nSPS) is 44.8. The molecule has 196 valence electrons. The summed E-state index contributed by atoms with van der Waals surface area (Å²) < 4.78 is 22.6. The Hall–Kier alpha value is -2.56. The number of aliphatic hydroxyl groups excluding tert-OH is 2. The fraction of sp³-hybridized carbons (Fsp3) is 0.692. The first kappa shape index (κ1) is 25.1. The van der Waals surface area contributed by atoms with Gasteiger partial charge in [-0.05, 0) is 38.2 Å². The standard InChI is InChI=1S/C26H32O10/c1-11(2)8-16(28)36-18-20-25-10-34-26(20,23(32)33-5)21(30)17(29)19(25)24(4)7-6-14(27)12(3)13(24)9-15(25)35-22(18)31/h8,15,17-21,29-30H,6-7,9-10H2,1-5H3/t15-,17-,18-,19-,20-,21+,24+,25-,26+/m1/s1. The zero-order valence-electron chi connectivity index (χ0n) is 21.0. The highest BCUT2D eigenvalue weighted by atomic mass is 16.6. The fourth-order valence-electron chi connectivity index (χ4n) is 7.98. The molecule has 5 rings (SSSR count). The fourth-order valence-corrected chi connectivity index (χ4v) is 7.98. The van der Waals surface area contributed by atoms with Gasteiger partial charge in [0.15, 0.2) is 5.78 Å². The molecule has 0 amide bonds. The molecule has 0 radical (unpaired) electrons. The van der Waals surface area contributed by atoms with E-state index in [2.05, 4.69) is 0 Å². The predicted octanol–water partition coefficient (Wildman–Crippen LogP) is 0.775. The van der Waals surface area contributed by atoms with Crippen molar-refractivity contribution in [2.24, 2.45) is 22.7 Å². The number of esters is 3. The highest BCUT2D eigenvalue weighted by molar-refractivity contribution is 5.97. The SMILES string of the molecule is COC(=O)[C@@]12OC[C@@]34[C@@H](CC5=C(C)C(=O)CC[C@]5(C)[C@H]3[C@@H](O)[C@@H]1O)OC(=O)[C@H](OC(=O)C=C(C)C)[C@@H]24. The lowest BCUT2D eigenvalue weighted by Gasteiger charge is -2.66. The monoisotopic (exact) mass is 504 g/mol. The molecule has 36 heavy (non-hydrogen) atoms. The van der Waals surface area contributed by atoms with Gasteiger partial charge in [0.2, 0.25) is 11.7 Å². The van der Waals surface area contributed by atoms with Crippen LogP contribution in [0.15, 0.2) is 22.8 Å². The molecule has 0 aromatic rings. The van der Waals surface area contributed by atoms with Gasteiger partial charge in [0.1, 0.15) is 12.2 Å². The van der Waals surface area contributed by atoms with E-state index in [1.54, 1.807) is 20.8 Å². The molecule has 0 unspecified atom stereocenters. The molecule has 10 nitrogen and oxygen atoms in total. The minimum absolute atomic E-state index is 0.0110. The average molecular weight is 505 g/mol. The third kappa shape index (κ3) is 2.89. The molecule has 2 aliphatic heterocycles. The molecule has 9 atom stereocenters. The van der Waals surface area contributed by atoms with E-state index in [1.807, 2.05) is 6.92 Å². The molecule has 2 saturated heterocycles. The van der Waals surface area contributed by atoms with E-state index in [4.69, 9.17) is 18.9 Å². The van der Waals surface area contributed by atoms with Gasteiger partial charge in [0.25, 0.3) is 0 Å². The van der Waals surface area contributed by atoms with Crippen LogP contribution in [0.4, 0.5) is 0 Å². The minimum Gasteiger partial charge on any atom is -0.467 e. The van der Waals surface area contributed by atoms with Gasteiger partial charge in [-0.2, -0.15) is 0 Å². The molecule has 4 fully saturated rings. The maximum absolute atomic E-state index is 13.4. The Morgan fingerprint density at radius 1 is 1.17 bits per heavy atom. The third-order valence-electron chi connectivity index (χ3n) is 9.34. The van der Waals surface area contributed by atoms with Crippen LogP contribution in [0.3, 0.4) is 0 Å². The number of allylic oxidation sites excluding steroid dienone is 2. The number of carbonyl (C=O) groups is 4. The van der Waals surface area contributed by atoms with Crippen LogP contribution in [0.1, 0.15) is 47.0 Å². The van der Waals surface area contributed by atoms with Gasteiger partial charge in [0, 0.05) is 30.3 Å². The number of carbonyl (C=O) groups excluding carboxylic acids is 4. The van der Waals surface area contributed by atoms with E-state index in [-0.39, 0.29) is 25.2 Å². The van der Waals surface area contributed by atoms with Crippen LogP contribution < -0.4 is 0 Å². The van der Waals surface area contributed by atoms with E-state index in [9.17, 15) is 29.4 Å². The van der Waals surface area contributed by atoms with Gasteiger partial charge < -0.3 is 29.2 Å². The molecule has 0 aromatic heterocycles. The first-order valence-corrected chi connectivity index (χ1v) is 12.2. The van der Waals surface area contributed by atoms with Crippen molar-refractivity contribution < 1.29 is 48.3 Å². The smallest absolute Gasteiger partial charge is 0.348 e. The molecule has 5 aliphatic rings. The van der Waals surface area contributed by atoms with Crippen LogP contribution in [0.2, 0.25) is 0 Å². The Bertz CT molecular complexity index is 1120. The summed E-state index contributed by atoms with van der Waals surface area (Å²) in [6.07, 6.45) is -3.57. The number of fused-ring (bicyclic) bond motifs is 2. The highest BCUT2D eigenvalue weighted by Crippen LogP contribution is 2.72. The van der Waals surface area contributed by atoms with Crippen LogP contribution in [0.25, 0.3) is 0 Å². The van der Waals surface area contributed by atoms with Crippen LogP contribution in [0, 0.1) is 22.7 Å². The summed E-state index contributed by atoms with van der Waals surface area (Å²) in [5.41, 5.74) is -2.09. The van der Waals surface area contributed by atoms with Crippen molar-refractivity contribution in [2.45, 2.75) is 77.0 Å². The van der Waals surface area contributed by atoms with E-state index in [0.29, 0.717) is 17.6 Å². The second-order valence-corrected chi connectivity index (χ2v) is 11.2. The highest BCUT2D eigenvalue weighted by Gasteiger charge is 2.84. The molecule has 2 heterocycles. The number of aliphatic hydroxyl groups is 2. The number of Topliss-reactive ketones (excluding diaryl/α,β-unsaturated/α-hetero) is 1. The van der Waals surface area contributed by atoms with Crippen LogP contribution in [-0.2, 0) is 38.1 Å². The lowest BCUT2D eigenvalue weighted by Crippen LogP contribution is -2.78. The topological polar surface area (TPSA) is 146 Å². The molecule has 2 N–H and O–H groups in total. The molecule has 1 spiro atoms. The Kier molecular flexibility index (Phi) is 5.56. The van der Waals surface area contributed by atoms with Crippen LogP contribution in [0.5, 0.6) is 0 Å². The van der Waals surface area contributed by atoms with Crippen molar-refractivity contribution in [2.75, 3.05) is 13.7 Å². The average Bonchev–Trinajstić information content (AvgIpc) is 3.12. The zero-order chi connectivity index (χ0) is 26.4. The maximum Gasteiger partial charge on any atom is 0.348 e. The lowest BCUT2D eigenvalue weighted by molar-refractivity contribution is -0.276. The van der Waals surface area contributed by atoms with Crippen molar-refractivity contribution in [1.82, 2.24) is 0 Å². The number of ether oxygens (including phenoxy) is 4. The molecule has 0 aromatic carbocycles. The molecule has 2 saturated carbocycles. The molecule has 2 bridgehead atoms. The molecular formula is C26H32O10. The molecular weight excluding hydrogens is 472 g/mol. The zero-order valence-corrected chi connectivity index (χ0v) is 21.0. The quantitative estimate of drug-likeness (QED) is 0.321. The number of hydrogen-bond donors (Lipinski definition) is 2. The summed E-state index contributed by atoms with van der Waals surface area (Å²) in [5.74, 6) is -4.57. The predicted molar refractivity (Wildman–Crippen MR) is 121 cm³/mol. The Morgan fingerprint density at radius 2 is 1.86 bits per heavy atom. The first-order valence-electron chi connectivity index (χ1n) is 12.2. The van der Waals surface area contributed by atoms with Crippen molar-refractivity contribution in [3.05, 3.63) is 22.8 Å². The number of hydrogen-bond acceptors (Lipinski definition) is 10. The summed E-state index contributed by atoms with van der Waals surface area (Å²) in [6, 6.07) is 0. The second-order valence-electron chi connectivity index (χ2n) is 11.2. The summed E-state index contributed by atoms with van der Waals surface area (Å²) in [6.45, 7) is 6.92. The third-order valence-corrected chi connectivity index (χ3v) is 9.34. The van der Waals surface area contributed by atoms with Gasteiger partial charge in [-0.1, -0.05) is 18.1 Å². The Morgan fingerprint density at radius 3 is 2.50 bits per heavy atom. The number of rotatable bonds is 3. The van der Waals surface area contributed by atoms with Gasteiger partial charge in [-0.15, -0.1) is 0 Å². The Labute approximate surface area is 208 Å². The summed E-state index contributed by atoms with van der Waals surface area (Å²) >= 11 is 0. The first-order chi connectivity index (χ1) is 16.9. The molecule has 10 heteroatoms. The van der Waals surface area contributed by atoms with Crippen molar-refractivity contribution in [3.8, 4) is 0 Å².